The van der Waals surface area contributed by atoms with Crippen LogP contribution < -0.4 is 5.19 Å². The van der Waals surface area contributed by atoms with E-state index in [-0.39, 0.29) is 25.5 Å². The van der Waals surface area contributed by atoms with E-state index in [1.807, 2.05) is 47.9 Å². The topological polar surface area (TPSA) is 56.7 Å². The van der Waals surface area contributed by atoms with Gasteiger partial charge in [-0.05, 0) is 70.2 Å². The van der Waals surface area contributed by atoms with E-state index in [0.29, 0.717) is 11.6 Å². The molecule has 0 spiro atoms. The molecule has 8 heteroatoms. The van der Waals surface area contributed by atoms with Gasteiger partial charge in [-0.1, -0.05) is 115 Å². The van der Waals surface area contributed by atoms with Crippen molar-refractivity contribution in [3.05, 3.63) is 150 Å². The van der Waals surface area contributed by atoms with Gasteiger partial charge in [-0.25, -0.2) is 4.98 Å². The third kappa shape index (κ3) is 7.67. The number of aryl methyl sites for hydroxylation is 1. The minimum absolute atomic E-state index is 0. The predicted octanol–water partition coefficient (Wildman–Crippen LogP) is 14.0. The Morgan fingerprint density at radius 1 is 0.783 bits per heavy atom. The summed E-state index contributed by atoms with van der Waals surface area (Å²) in [4.78, 5) is 14.6. The Labute approximate surface area is 370 Å². The summed E-state index contributed by atoms with van der Waals surface area (Å²) in [6, 6.07) is 47.3. The van der Waals surface area contributed by atoms with E-state index in [4.69, 9.17) is 14.4 Å². The summed E-state index contributed by atoms with van der Waals surface area (Å²) in [6.45, 7) is 20.2. The quantitative estimate of drug-likeness (QED) is 0.127. The van der Waals surface area contributed by atoms with E-state index in [1.54, 1.807) is 0 Å². The third-order valence-corrected chi connectivity index (χ3v) is 14.3. The molecular weight excluding hydrogens is 949 g/mol. The first-order valence-corrected chi connectivity index (χ1v) is 24.7. The molecule has 10 rings (SSSR count). The molecule has 0 N–H and O–H groups in total. The molecule has 0 saturated carbocycles. The number of nitrogens with zero attached hydrogens (tertiary/aromatic N) is 4. The molecule has 0 saturated heterocycles. The molecule has 5 heterocycles. The maximum Gasteiger partial charge on any atom is 0.216 e. The van der Waals surface area contributed by atoms with Crippen molar-refractivity contribution >= 4 is 77.9 Å². The molecule has 0 bridgehead atoms. The minimum atomic E-state index is -1.23. The number of fused-ring (bicyclic) bond motifs is 7. The normalized spacial score (nSPS) is 12.1. The molecule has 10 aromatic rings. The van der Waals surface area contributed by atoms with Crippen LogP contribution in [-0.4, -0.2) is 27.6 Å². The molecule has 5 nitrogen and oxygen atoms in total. The van der Waals surface area contributed by atoms with Gasteiger partial charge in [0.15, 0.2) is 0 Å². The van der Waals surface area contributed by atoms with Crippen molar-refractivity contribution in [1.29, 1.82) is 0 Å². The Bertz CT molecular complexity index is 3170. The van der Waals surface area contributed by atoms with Crippen LogP contribution in [0.25, 0.3) is 81.6 Å². The Hall–Kier alpha value is -5.24. The van der Waals surface area contributed by atoms with Crippen LogP contribution in [0.1, 0.15) is 57.4 Å². The van der Waals surface area contributed by atoms with Crippen molar-refractivity contribution in [1.82, 2.24) is 19.5 Å². The maximum atomic E-state index is 6.55. The maximum absolute atomic E-state index is 6.55. The fraction of sp³-hybridized carbons (Fsp3) is 0.212. The van der Waals surface area contributed by atoms with Crippen molar-refractivity contribution in [2.24, 2.45) is 0 Å². The van der Waals surface area contributed by atoms with Gasteiger partial charge in [0.05, 0.1) is 30.5 Å². The van der Waals surface area contributed by atoms with Gasteiger partial charge < -0.3 is 14.0 Å². The number of pyridine rings is 2. The number of hydrogen-bond acceptors (Lipinski definition) is 5. The van der Waals surface area contributed by atoms with Crippen molar-refractivity contribution in [2.75, 3.05) is 0 Å². The third-order valence-electron chi connectivity index (χ3n) is 11.2. The summed E-state index contributed by atoms with van der Waals surface area (Å²) in [6.07, 6.45) is 2.02. The van der Waals surface area contributed by atoms with Crippen LogP contribution in [-0.2, 0) is 25.5 Å². The molecule has 0 aliphatic heterocycles. The summed E-state index contributed by atoms with van der Waals surface area (Å²) in [5, 5.41) is 6.08. The monoisotopic (exact) mass is 997 g/mol. The number of aromatic nitrogens is 4. The van der Waals surface area contributed by atoms with Gasteiger partial charge >= 0.3 is 0 Å². The van der Waals surface area contributed by atoms with Gasteiger partial charge in [0, 0.05) is 63.2 Å². The molecule has 0 unspecified atom stereocenters. The first-order valence-electron chi connectivity index (χ1n) is 20.4. The van der Waals surface area contributed by atoms with E-state index in [1.165, 1.54) is 30.9 Å². The average molecular weight is 997 g/mol. The molecule has 0 aliphatic carbocycles. The second-order valence-corrected chi connectivity index (χ2v) is 24.0. The van der Waals surface area contributed by atoms with Gasteiger partial charge in [0.2, 0.25) is 5.71 Å². The zero-order valence-electron chi connectivity index (χ0n) is 35.6. The van der Waals surface area contributed by atoms with Gasteiger partial charge in [0.25, 0.3) is 0 Å². The number of thiophene rings is 1. The Morgan fingerprint density at radius 3 is 2.22 bits per heavy atom. The van der Waals surface area contributed by atoms with E-state index in [9.17, 15) is 0 Å². The van der Waals surface area contributed by atoms with Crippen LogP contribution >= 0.6 is 11.3 Å². The number of furan rings is 1. The van der Waals surface area contributed by atoms with Crippen LogP contribution in [0.4, 0.5) is 0 Å². The van der Waals surface area contributed by atoms with Gasteiger partial charge in [-0.2, -0.15) is 0 Å². The summed E-state index contributed by atoms with van der Waals surface area (Å²) >= 11 is 1.85. The SMILES string of the molecule is C[Si](C)(C)c1ccc(-c2[c-]cccc2)nc1.Cc1c[c-]c(-c2nc3ccccc3n2-c2ccc3c(c2)sc2cc(C(C)(C)C)ccc23)c2oc3nc(C(C)C)ccc3c12.[Ir]. The van der Waals surface area contributed by atoms with Crippen LogP contribution in [0.2, 0.25) is 19.6 Å². The van der Waals surface area contributed by atoms with E-state index >= 15 is 0 Å². The molecule has 0 aliphatic rings. The summed E-state index contributed by atoms with van der Waals surface area (Å²) in [5.41, 5.74) is 11.0. The Morgan fingerprint density at radius 2 is 1.52 bits per heavy atom. The predicted molar refractivity (Wildman–Crippen MR) is 252 cm³/mol. The molecule has 0 fully saturated rings. The first-order chi connectivity index (χ1) is 28.2. The van der Waals surface area contributed by atoms with Gasteiger partial charge in [-0.15, -0.1) is 64.9 Å². The van der Waals surface area contributed by atoms with Crippen molar-refractivity contribution in [2.45, 2.75) is 72.5 Å². The fourth-order valence-electron chi connectivity index (χ4n) is 7.74. The molecule has 303 valence electrons. The molecule has 5 aromatic heterocycles. The molecule has 1 radical (unpaired) electrons. The van der Waals surface area contributed by atoms with E-state index < -0.39 is 8.07 Å². The molecule has 5 aromatic carbocycles. The van der Waals surface area contributed by atoms with Crippen molar-refractivity contribution in [3.8, 4) is 28.3 Å². The van der Waals surface area contributed by atoms with Crippen LogP contribution in [0.15, 0.2) is 126 Å². The van der Waals surface area contributed by atoms with Crippen molar-refractivity contribution in [3.63, 3.8) is 0 Å². The molecular formula is C52H48IrN4OSSi-2. The number of para-hydroxylation sites is 2. The standard InChI is InChI=1S/C38H32N3OS.C14H16NSi.Ir/c1-21(2)29-18-17-27-34-22(3)11-14-28(35(34)42-37(27)40-29)36-39-30-9-7-8-10-31(30)41(36)24-13-16-26-25-15-12-23(38(4,5)6)19-32(25)43-33(26)20-24;1-16(2,3)13-9-10-14(15-11-13)12-7-5-4-6-8-12;/h7-13,15-21H,1-6H3;4-7,9-11H,1-3H3;/q2*-1;. The molecule has 0 atom stereocenters. The van der Waals surface area contributed by atoms with E-state index in [2.05, 4.69) is 168 Å². The summed E-state index contributed by atoms with van der Waals surface area (Å²) in [7, 11) is -1.23. The summed E-state index contributed by atoms with van der Waals surface area (Å²) < 4.78 is 11.4. The van der Waals surface area contributed by atoms with Crippen LogP contribution in [0.5, 0.6) is 0 Å². The fourth-order valence-corrected chi connectivity index (χ4v) is 9.96. The number of rotatable bonds is 5. The smallest absolute Gasteiger partial charge is 0.216 e. The second-order valence-electron chi connectivity index (χ2n) is 17.9. The zero-order chi connectivity index (χ0) is 41.2. The van der Waals surface area contributed by atoms with Crippen LogP contribution in [0.3, 0.4) is 0 Å². The van der Waals surface area contributed by atoms with Gasteiger partial charge in [0.1, 0.15) is 0 Å². The number of benzene rings is 5. The molecule has 60 heavy (non-hydrogen) atoms. The Balaban J connectivity index is 0.000000248. The Kier molecular flexibility index (Phi) is 11.1. The van der Waals surface area contributed by atoms with Crippen molar-refractivity contribution < 1.29 is 24.5 Å². The second kappa shape index (κ2) is 16.0. The number of hydrogen-bond donors (Lipinski definition) is 0. The molecule has 0 amide bonds. The average Bonchev–Trinajstić information content (AvgIpc) is 3.92. The first kappa shape index (κ1) is 41.5. The largest absolute Gasteiger partial charge is 0.486 e. The van der Waals surface area contributed by atoms with E-state index in [0.717, 1.165) is 67.0 Å². The van der Waals surface area contributed by atoms with Gasteiger partial charge in [-0.3, -0.25) is 4.98 Å². The summed E-state index contributed by atoms with van der Waals surface area (Å²) in [5.74, 6) is 1.13. The van der Waals surface area contributed by atoms with Crippen LogP contribution in [0, 0.1) is 19.1 Å². The zero-order valence-corrected chi connectivity index (χ0v) is 39.8. The number of imidazole rings is 1. The minimum Gasteiger partial charge on any atom is -0.486 e.